The maximum Gasteiger partial charge on any atom is 0.120 e. The third-order valence-electron chi connectivity index (χ3n) is 5.63. The molecular weight excluding hydrogens is 360 g/mol. The van der Waals surface area contributed by atoms with Crippen molar-refractivity contribution in [3.63, 3.8) is 0 Å². The summed E-state index contributed by atoms with van der Waals surface area (Å²) in [5, 5.41) is 0. The molecule has 0 heterocycles. The first-order valence-corrected chi connectivity index (χ1v) is 10.4. The van der Waals surface area contributed by atoms with E-state index in [4.69, 9.17) is 4.74 Å². The van der Waals surface area contributed by atoms with Gasteiger partial charge in [0, 0.05) is 9.89 Å². The molecule has 0 saturated heterocycles. The second kappa shape index (κ2) is 9.85. The van der Waals surface area contributed by atoms with Crippen LogP contribution in [0, 0.1) is 10.8 Å². The van der Waals surface area contributed by atoms with Gasteiger partial charge in [0.25, 0.3) is 0 Å². The number of unbranched alkanes of at least 4 members (excludes halogenated alkanes) is 5. The fourth-order valence-corrected chi connectivity index (χ4v) is 3.24. The van der Waals surface area contributed by atoms with Gasteiger partial charge in [-0.15, -0.1) is 0 Å². The SMILES string of the molecule is CCCCCCCCC(Oc1cccc(Br)c1)C(C)(C)C(C)(C)C. The van der Waals surface area contributed by atoms with Crippen LogP contribution in [0.1, 0.15) is 86.5 Å². The van der Waals surface area contributed by atoms with Gasteiger partial charge in [-0.3, -0.25) is 0 Å². The van der Waals surface area contributed by atoms with Crippen molar-refractivity contribution in [3.8, 4) is 5.75 Å². The van der Waals surface area contributed by atoms with Gasteiger partial charge in [0.05, 0.1) is 0 Å². The minimum atomic E-state index is 0.110. The number of hydrogen-bond donors (Lipinski definition) is 0. The van der Waals surface area contributed by atoms with Gasteiger partial charge in [-0.05, 0) is 36.5 Å². The van der Waals surface area contributed by atoms with Crippen LogP contribution in [-0.4, -0.2) is 6.10 Å². The number of hydrogen-bond acceptors (Lipinski definition) is 1. The maximum absolute atomic E-state index is 6.48. The molecule has 1 aromatic carbocycles. The Kier molecular flexibility index (Phi) is 8.84. The average molecular weight is 397 g/mol. The van der Waals surface area contributed by atoms with Crippen LogP contribution in [0.5, 0.6) is 5.75 Å². The summed E-state index contributed by atoms with van der Waals surface area (Å²) in [5.41, 5.74) is 0.310. The molecule has 2 heteroatoms. The van der Waals surface area contributed by atoms with Crippen LogP contribution in [0.2, 0.25) is 0 Å². The van der Waals surface area contributed by atoms with Gasteiger partial charge in [0.15, 0.2) is 0 Å². The summed E-state index contributed by atoms with van der Waals surface area (Å²) in [7, 11) is 0. The lowest BCUT2D eigenvalue weighted by Gasteiger charge is -2.45. The highest BCUT2D eigenvalue weighted by Crippen LogP contribution is 2.44. The molecule has 0 aliphatic heterocycles. The van der Waals surface area contributed by atoms with E-state index in [1.54, 1.807) is 0 Å². The minimum Gasteiger partial charge on any atom is -0.490 e. The summed E-state index contributed by atoms with van der Waals surface area (Å²) in [6.07, 6.45) is 9.34. The fourth-order valence-electron chi connectivity index (χ4n) is 2.86. The van der Waals surface area contributed by atoms with Crippen molar-refractivity contribution in [1.82, 2.24) is 0 Å². The van der Waals surface area contributed by atoms with Crippen LogP contribution in [0.4, 0.5) is 0 Å². The quantitative estimate of drug-likeness (QED) is 0.363. The first-order chi connectivity index (χ1) is 11.2. The molecule has 0 fully saturated rings. The molecule has 0 N–H and O–H groups in total. The number of benzene rings is 1. The maximum atomic E-state index is 6.48. The highest BCUT2D eigenvalue weighted by atomic mass is 79.9. The van der Waals surface area contributed by atoms with E-state index in [0.29, 0.717) is 0 Å². The van der Waals surface area contributed by atoms with Gasteiger partial charge in [0.1, 0.15) is 11.9 Å². The first-order valence-electron chi connectivity index (χ1n) is 9.60. The monoisotopic (exact) mass is 396 g/mol. The Balaban J connectivity index is 2.73. The third kappa shape index (κ3) is 6.78. The standard InChI is InChI=1S/C22H37BrO/c1-7-8-9-10-11-12-16-20(22(5,6)21(2,3)4)24-19-15-13-14-18(23)17-19/h13-15,17,20H,7-12,16H2,1-6H3. The second-order valence-electron chi connectivity index (χ2n) is 8.59. The zero-order valence-electron chi connectivity index (χ0n) is 16.6. The van der Waals surface area contributed by atoms with Gasteiger partial charge in [-0.2, -0.15) is 0 Å². The Labute approximate surface area is 158 Å². The summed E-state index contributed by atoms with van der Waals surface area (Å²) in [5.74, 6) is 0.970. The number of ether oxygens (including phenoxy) is 1. The van der Waals surface area contributed by atoms with Crippen molar-refractivity contribution in [1.29, 1.82) is 0 Å². The van der Waals surface area contributed by atoms with E-state index >= 15 is 0 Å². The molecule has 0 aliphatic rings. The van der Waals surface area contributed by atoms with E-state index in [2.05, 4.69) is 69.6 Å². The molecule has 1 nitrogen and oxygen atoms in total. The first kappa shape index (κ1) is 21.5. The lowest BCUT2D eigenvalue weighted by atomic mass is 9.65. The molecule has 1 aromatic rings. The predicted octanol–water partition coefficient (Wildman–Crippen LogP) is 8.02. The fraction of sp³-hybridized carbons (Fsp3) is 0.727. The Morgan fingerprint density at radius 2 is 1.58 bits per heavy atom. The normalized spacial score (nSPS) is 13.8. The molecule has 1 atom stereocenters. The summed E-state index contributed by atoms with van der Waals surface area (Å²) in [4.78, 5) is 0. The van der Waals surface area contributed by atoms with Gasteiger partial charge in [0.2, 0.25) is 0 Å². The molecule has 0 aromatic heterocycles. The summed E-state index contributed by atoms with van der Waals surface area (Å²) < 4.78 is 7.56. The summed E-state index contributed by atoms with van der Waals surface area (Å²) >= 11 is 3.55. The lowest BCUT2D eigenvalue weighted by molar-refractivity contribution is -0.0166. The van der Waals surface area contributed by atoms with E-state index in [1.165, 1.54) is 38.5 Å². The molecule has 1 unspecified atom stereocenters. The minimum absolute atomic E-state index is 0.110. The van der Waals surface area contributed by atoms with Gasteiger partial charge in [-0.1, -0.05) is 95.6 Å². The molecule has 0 bridgehead atoms. The third-order valence-corrected chi connectivity index (χ3v) is 6.13. The molecule has 0 aliphatic carbocycles. The van der Waals surface area contributed by atoms with E-state index < -0.39 is 0 Å². The molecule has 24 heavy (non-hydrogen) atoms. The Hall–Kier alpha value is -0.500. The zero-order valence-corrected chi connectivity index (χ0v) is 18.2. The predicted molar refractivity (Wildman–Crippen MR) is 110 cm³/mol. The van der Waals surface area contributed by atoms with Gasteiger partial charge in [-0.25, -0.2) is 0 Å². The van der Waals surface area contributed by atoms with E-state index in [-0.39, 0.29) is 16.9 Å². The summed E-state index contributed by atoms with van der Waals surface area (Å²) in [6, 6.07) is 8.24. The molecule has 1 rings (SSSR count). The van der Waals surface area contributed by atoms with Crippen LogP contribution in [0.15, 0.2) is 28.7 Å². The Bertz CT molecular complexity index is 473. The van der Waals surface area contributed by atoms with Crippen LogP contribution in [0.25, 0.3) is 0 Å². The molecule has 0 amide bonds. The molecule has 0 radical (unpaired) electrons. The smallest absolute Gasteiger partial charge is 0.120 e. The van der Waals surface area contributed by atoms with Gasteiger partial charge < -0.3 is 4.74 Å². The lowest BCUT2D eigenvalue weighted by Crippen LogP contribution is -2.44. The second-order valence-corrected chi connectivity index (χ2v) is 9.51. The highest BCUT2D eigenvalue weighted by molar-refractivity contribution is 9.10. The van der Waals surface area contributed by atoms with Crippen molar-refractivity contribution in [3.05, 3.63) is 28.7 Å². The van der Waals surface area contributed by atoms with Crippen molar-refractivity contribution in [2.45, 2.75) is 92.6 Å². The number of halogens is 1. The van der Waals surface area contributed by atoms with E-state index in [9.17, 15) is 0 Å². The van der Waals surface area contributed by atoms with Crippen LogP contribution in [-0.2, 0) is 0 Å². The largest absolute Gasteiger partial charge is 0.490 e. The van der Waals surface area contributed by atoms with E-state index in [1.807, 2.05) is 12.1 Å². The average Bonchev–Trinajstić information content (AvgIpc) is 2.48. The van der Waals surface area contributed by atoms with E-state index in [0.717, 1.165) is 16.6 Å². The van der Waals surface area contributed by atoms with Crippen molar-refractivity contribution in [2.24, 2.45) is 10.8 Å². The van der Waals surface area contributed by atoms with Crippen LogP contribution in [0.3, 0.4) is 0 Å². The molecular formula is C22H37BrO. The van der Waals surface area contributed by atoms with Gasteiger partial charge >= 0.3 is 0 Å². The summed E-state index contributed by atoms with van der Waals surface area (Å²) in [6.45, 7) is 14.0. The Morgan fingerprint density at radius 1 is 0.958 bits per heavy atom. The van der Waals surface area contributed by atoms with Crippen molar-refractivity contribution >= 4 is 15.9 Å². The topological polar surface area (TPSA) is 9.23 Å². The number of rotatable bonds is 10. The Morgan fingerprint density at radius 3 is 2.17 bits per heavy atom. The highest BCUT2D eigenvalue weighted by Gasteiger charge is 2.41. The zero-order chi connectivity index (χ0) is 18.2. The molecule has 138 valence electrons. The van der Waals surface area contributed by atoms with Crippen molar-refractivity contribution < 1.29 is 4.74 Å². The van der Waals surface area contributed by atoms with Crippen LogP contribution < -0.4 is 4.74 Å². The van der Waals surface area contributed by atoms with Crippen LogP contribution >= 0.6 is 15.9 Å². The van der Waals surface area contributed by atoms with Crippen molar-refractivity contribution in [2.75, 3.05) is 0 Å². The molecule has 0 saturated carbocycles. The molecule has 0 spiro atoms.